The van der Waals surface area contributed by atoms with Gasteiger partial charge in [0.2, 0.25) is 0 Å². The van der Waals surface area contributed by atoms with Crippen molar-refractivity contribution in [2.45, 2.75) is 59.7 Å². The molecule has 5 heteroatoms. The maximum Gasteiger partial charge on any atom is 0.336 e. The minimum Gasteiger partial charge on any atom is -0.490 e. The summed E-state index contributed by atoms with van der Waals surface area (Å²) in [6.07, 6.45) is 1.28. The number of aryl methyl sites for hydroxylation is 1. The first kappa shape index (κ1) is 17.5. The molecule has 1 aliphatic rings. The average molecular weight is 344 g/mol. The van der Waals surface area contributed by atoms with Crippen LogP contribution in [0.2, 0.25) is 0 Å². The molecule has 0 N–H and O–H groups in total. The number of carbonyl (C=O) groups is 1. The molecule has 0 aliphatic carbocycles. The second kappa shape index (κ2) is 6.54. The van der Waals surface area contributed by atoms with E-state index in [-0.39, 0.29) is 29.5 Å². The third-order valence-corrected chi connectivity index (χ3v) is 4.58. The lowest BCUT2D eigenvalue weighted by atomic mass is 9.89. The normalized spacial score (nSPS) is 19.8. The molecular weight excluding hydrogens is 320 g/mol. The van der Waals surface area contributed by atoms with Crippen molar-refractivity contribution in [2.75, 3.05) is 0 Å². The monoisotopic (exact) mass is 344 g/mol. The number of rotatable bonds is 4. The fourth-order valence-corrected chi connectivity index (χ4v) is 3.25. The van der Waals surface area contributed by atoms with Gasteiger partial charge in [-0.3, -0.25) is 4.79 Å². The summed E-state index contributed by atoms with van der Waals surface area (Å²) in [5.74, 6) is 0.653. The Morgan fingerprint density at radius 1 is 1.20 bits per heavy atom. The van der Waals surface area contributed by atoms with Gasteiger partial charge in [-0.25, -0.2) is 4.79 Å². The van der Waals surface area contributed by atoms with Crippen molar-refractivity contribution in [3.63, 3.8) is 0 Å². The quantitative estimate of drug-likeness (QED) is 0.780. The molecule has 2 atom stereocenters. The average Bonchev–Trinajstić information content (AvgIpc) is 2.51. The molecular formula is C20H24O5. The molecule has 3 rings (SSSR count). The summed E-state index contributed by atoms with van der Waals surface area (Å²) in [6, 6.07) is 3.25. The van der Waals surface area contributed by atoms with Crippen LogP contribution in [0.5, 0.6) is 11.5 Å². The summed E-state index contributed by atoms with van der Waals surface area (Å²) < 4.78 is 17.4. The van der Waals surface area contributed by atoms with E-state index in [2.05, 4.69) is 0 Å². The summed E-state index contributed by atoms with van der Waals surface area (Å²) in [5, 5.41) is 0.701. The molecule has 1 aromatic heterocycles. The second-order valence-corrected chi connectivity index (χ2v) is 6.94. The fraction of sp³-hybridized carbons (Fsp3) is 0.500. The minimum absolute atomic E-state index is 0.0571. The molecule has 2 heterocycles. The van der Waals surface area contributed by atoms with Crippen molar-refractivity contribution in [2.24, 2.45) is 5.92 Å². The van der Waals surface area contributed by atoms with Crippen LogP contribution >= 0.6 is 0 Å². The van der Waals surface area contributed by atoms with Gasteiger partial charge in [-0.05, 0) is 32.8 Å². The molecule has 0 fully saturated rings. The van der Waals surface area contributed by atoms with Gasteiger partial charge >= 0.3 is 5.63 Å². The molecule has 134 valence electrons. The Morgan fingerprint density at radius 2 is 1.92 bits per heavy atom. The highest BCUT2D eigenvalue weighted by Gasteiger charge is 2.35. The number of Topliss-reactive ketones (excluding diaryl/α,β-unsaturated/α-hetero) is 1. The largest absolute Gasteiger partial charge is 0.490 e. The van der Waals surface area contributed by atoms with Crippen LogP contribution in [-0.4, -0.2) is 18.0 Å². The Morgan fingerprint density at radius 3 is 2.56 bits per heavy atom. The molecule has 0 unspecified atom stereocenters. The van der Waals surface area contributed by atoms with E-state index in [0.717, 1.165) is 12.0 Å². The van der Waals surface area contributed by atoms with Crippen LogP contribution in [0.4, 0.5) is 0 Å². The number of ketones is 1. The van der Waals surface area contributed by atoms with Crippen LogP contribution in [0, 0.1) is 5.92 Å². The zero-order valence-electron chi connectivity index (χ0n) is 15.3. The lowest BCUT2D eigenvalue weighted by Gasteiger charge is -2.29. The standard InChI is InChI=1S/C20H24O5/c1-6-7-13-8-16(21)25-20-17(13)14(23-10(2)3)9-15-18(20)19(22)11(4)12(5)24-15/h8-12H,6-7H2,1-5H3/t11-,12-/m1/s1. The zero-order valence-corrected chi connectivity index (χ0v) is 15.3. The van der Waals surface area contributed by atoms with Gasteiger partial charge < -0.3 is 13.9 Å². The van der Waals surface area contributed by atoms with E-state index < -0.39 is 5.63 Å². The van der Waals surface area contributed by atoms with Gasteiger partial charge in [-0.1, -0.05) is 20.3 Å². The summed E-state index contributed by atoms with van der Waals surface area (Å²) in [7, 11) is 0. The highest BCUT2D eigenvalue weighted by Crippen LogP contribution is 2.42. The van der Waals surface area contributed by atoms with E-state index >= 15 is 0 Å². The third kappa shape index (κ3) is 3.03. The van der Waals surface area contributed by atoms with Crippen molar-refractivity contribution in [1.29, 1.82) is 0 Å². The van der Waals surface area contributed by atoms with Gasteiger partial charge in [0.1, 0.15) is 23.2 Å². The minimum atomic E-state index is -0.459. The first-order chi connectivity index (χ1) is 11.8. The second-order valence-electron chi connectivity index (χ2n) is 6.94. The van der Waals surface area contributed by atoms with E-state index in [0.29, 0.717) is 28.9 Å². The van der Waals surface area contributed by atoms with E-state index in [1.165, 1.54) is 6.07 Å². The molecule has 0 amide bonds. The Balaban J connectivity index is 2.40. The van der Waals surface area contributed by atoms with Gasteiger partial charge in [-0.2, -0.15) is 0 Å². The predicted molar refractivity (Wildman–Crippen MR) is 95.8 cm³/mol. The van der Waals surface area contributed by atoms with Gasteiger partial charge in [0, 0.05) is 12.1 Å². The molecule has 0 saturated heterocycles. The Bertz CT molecular complexity index is 878. The first-order valence-corrected chi connectivity index (χ1v) is 8.84. The molecule has 5 nitrogen and oxygen atoms in total. The Labute approximate surface area is 146 Å². The van der Waals surface area contributed by atoms with Crippen LogP contribution < -0.4 is 15.1 Å². The van der Waals surface area contributed by atoms with Crippen LogP contribution in [0.3, 0.4) is 0 Å². The molecule has 2 aromatic rings. The van der Waals surface area contributed by atoms with Crippen LogP contribution in [0.15, 0.2) is 21.3 Å². The summed E-state index contributed by atoms with van der Waals surface area (Å²) in [5.41, 5.74) is 1.02. The Kier molecular flexibility index (Phi) is 4.58. The number of ether oxygens (including phenoxy) is 2. The highest BCUT2D eigenvalue weighted by molar-refractivity contribution is 6.12. The van der Waals surface area contributed by atoms with Crippen molar-refractivity contribution < 1.29 is 18.7 Å². The topological polar surface area (TPSA) is 65.7 Å². The van der Waals surface area contributed by atoms with Crippen molar-refractivity contribution in [3.05, 3.63) is 33.7 Å². The van der Waals surface area contributed by atoms with Gasteiger partial charge in [0.25, 0.3) is 0 Å². The van der Waals surface area contributed by atoms with Gasteiger partial charge in [-0.15, -0.1) is 0 Å². The first-order valence-electron chi connectivity index (χ1n) is 8.84. The maximum absolute atomic E-state index is 12.9. The molecule has 0 bridgehead atoms. The number of hydrogen-bond acceptors (Lipinski definition) is 5. The van der Waals surface area contributed by atoms with E-state index in [9.17, 15) is 9.59 Å². The van der Waals surface area contributed by atoms with E-state index in [4.69, 9.17) is 13.9 Å². The fourth-order valence-electron chi connectivity index (χ4n) is 3.25. The van der Waals surface area contributed by atoms with Crippen molar-refractivity contribution in [3.8, 4) is 11.5 Å². The number of hydrogen-bond donors (Lipinski definition) is 0. The third-order valence-electron chi connectivity index (χ3n) is 4.58. The van der Waals surface area contributed by atoms with Crippen LogP contribution in [0.1, 0.15) is 57.0 Å². The predicted octanol–water partition coefficient (Wildman–Crippen LogP) is 4.13. The lowest BCUT2D eigenvalue weighted by Crippen LogP contribution is -2.34. The SMILES string of the molecule is CCCc1cc(=O)oc2c3c(cc(OC(C)C)c12)O[C@H](C)[C@@H](C)C3=O. The van der Waals surface area contributed by atoms with E-state index in [1.54, 1.807) is 6.07 Å². The highest BCUT2D eigenvalue weighted by atomic mass is 16.5. The number of benzene rings is 1. The summed E-state index contributed by atoms with van der Waals surface area (Å²) >= 11 is 0. The molecule has 0 spiro atoms. The molecule has 25 heavy (non-hydrogen) atoms. The molecule has 0 radical (unpaired) electrons. The molecule has 1 aliphatic heterocycles. The molecule has 0 saturated carbocycles. The smallest absolute Gasteiger partial charge is 0.336 e. The van der Waals surface area contributed by atoms with Gasteiger partial charge in [0.05, 0.1) is 17.4 Å². The van der Waals surface area contributed by atoms with Crippen molar-refractivity contribution >= 4 is 16.8 Å². The van der Waals surface area contributed by atoms with Gasteiger partial charge in [0.15, 0.2) is 11.4 Å². The van der Waals surface area contributed by atoms with Crippen molar-refractivity contribution in [1.82, 2.24) is 0 Å². The maximum atomic E-state index is 12.9. The zero-order chi connectivity index (χ0) is 18.3. The summed E-state index contributed by atoms with van der Waals surface area (Å²) in [6.45, 7) is 9.59. The number of fused-ring (bicyclic) bond motifs is 3. The van der Waals surface area contributed by atoms with Crippen LogP contribution in [-0.2, 0) is 6.42 Å². The van der Waals surface area contributed by atoms with E-state index in [1.807, 2.05) is 34.6 Å². The Hall–Kier alpha value is -2.30. The molecule has 1 aromatic carbocycles. The van der Waals surface area contributed by atoms with Crippen LogP contribution in [0.25, 0.3) is 11.0 Å². The lowest BCUT2D eigenvalue weighted by molar-refractivity contribution is 0.0730. The summed E-state index contributed by atoms with van der Waals surface area (Å²) in [4.78, 5) is 25.0. The number of carbonyl (C=O) groups excluding carboxylic acids is 1.